The van der Waals surface area contributed by atoms with Crippen molar-refractivity contribution in [2.75, 3.05) is 0 Å². The van der Waals surface area contributed by atoms with E-state index >= 15 is 0 Å². The lowest BCUT2D eigenvalue weighted by Gasteiger charge is -2.27. The van der Waals surface area contributed by atoms with Crippen molar-refractivity contribution in [2.45, 2.75) is 90.6 Å². The lowest BCUT2D eigenvalue weighted by atomic mass is 9.86. The molecular weight excluding hydrogens is 236 g/mol. The number of carbonyl (C=O) groups is 1. The van der Waals surface area contributed by atoms with E-state index in [1.165, 1.54) is 57.8 Å². The molecule has 1 aliphatic carbocycles. The van der Waals surface area contributed by atoms with Gasteiger partial charge in [0.25, 0.3) is 0 Å². The predicted molar refractivity (Wildman–Crippen MR) is 79.8 cm³/mol. The third-order valence-corrected chi connectivity index (χ3v) is 4.23. The van der Waals surface area contributed by atoms with Crippen LogP contribution in [0.5, 0.6) is 0 Å². The van der Waals surface area contributed by atoms with Crippen LogP contribution in [0.15, 0.2) is 0 Å². The molecule has 0 aromatic rings. The molecule has 1 unspecified atom stereocenters. The van der Waals surface area contributed by atoms with E-state index in [1.807, 2.05) is 0 Å². The molecule has 1 radical (unpaired) electrons. The van der Waals surface area contributed by atoms with Gasteiger partial charge in [0.15, 0.2) is 0 Å². The lowest BCUT2D eigenvalue weighted by molar-refractivity contribution is -0.147. The van der Waals surface area contributed by atoms with Crippen molar-refractivity contribution in [1.29, 1.82) is 0 Å². The number of ether oxygens (including phenoxy) is 1. The molecule has 111 valence electrons. The maximum absolute atomic E-state index is 11.7. The fourth-order valence-electron chi connectivity index (χ4n) is 2.90. The quantitative estimate of drug-likeness (QED) is 0.431. The van der Waals surface area contributed by atoms with Crippen LogP contribution >= 0.6 is 0 Å². The summed E-state index contributed by atoms with van der Waals surface area (Å²) in [4.78, 5) is 11.7. The molecule has 1 fully saturated rings. The minimum Gasteiger partial charge on any atom is -0.462 e. The number of esters is 1. The second-order valence-electron chi connectivity index (χ2n) is 5.95. The zero-order chi connectivity index (χ0) is 13.9. The Labute approximate surface area is 119 Å². The van der Waals surface area contributed by atoms with Crippen LogP contribution in [0.1, 0.15) is 84.5 Å². The first kappa shape index (κ1) is 16.5. The Bertz CT molecular complexity index is 231. The van der Waals surface area contributed by atoms with Gasteiger partial charge in [-0.3, -0.25) is 4.79 Å². The summed E-state index contributed by atoms with van der Waals surface area (Å²) in [5.74, 6) is 0.490. The van der Waals surface area contributed by atoms with Crippen LogP contribution in [0, 0.1) is 12.3 Å². The van der Waals surface area contributed by atoms with Gasteiger partial charge < -0.3 is 4.74 Å². The van der Waals surface area contributed by atoms with Gasteiger partial charge in [-0.25, -0.2) is 0 Å². The predicted octanol–water partition coefficient (Wildman–Crippen LogP) is 5.06. The molecule has 2 heteroatoms. The molecule has 0 amide bonds. The van der Waals surface area contributed by atoms with Crippen LogP contribution < -0.4 is 0 Å². The van der Waals surface area contributed by atoms with E-state index in [9.17, 15) is 4.79 Å². The second kappa shape index (κ2) is 10.3. The van der Waals surface area contributed by atoms with Crippen LogP contribution in [-0.2, 0) is 9.53 Å². The van der Waals surface area contributed by atoms with Gasteiger partial charge >= 0.3 is 5.97 Å². The summed E-state index contributed by atoms with van der Waals surface area (Å²) in [5.41, 5.74) is 0. The molecule has 0 N–H and O–H groups in total. The monoisotopic (exact) mass is 267 g/mol. The molecule has 0 saturated heterocycles. The number of hydrogen-bond acceptors (Lipinski definition) is 2. The van der Waals surface area contributed by atoms with Gasteiger partial charge in [-0.15, -0.1) is 0 Å². The molecule has 0 heterocycles. The number of carbonyl (C=O) groups excluding carboxylic acids is 1. The Morgan fingerprint density at radius 3 is 2.53 bits per heavy atom. The number of unbranched alkanes of at least 4 members (excludes halogenated alkanes) is 5. The van der Waals surface area contributed by atoms with E-state index in [1.54, 1.807) is 6.42 Å². The van der Waals surface area contributed by atoms with Crippen molar-refractivity contribution in [3.8, 4) is 0 Å². The zero-order valence-corrected chi connectivity index (χ0v) is 12.8. The first-order valence-electron chi connectivity index (χ1n) is 8.28. The van der Waals surface area contributed by atoms with E-state index < -0.39 is 0 Å². The minimum atomic E-state index is -0.103. The highest BCUT2D eigenvalue weighted by Gasteiger charge is 2.22. The Balaban J connectivity index is 2.02. The average Bonchev–Trinajstić information content (AvgIpc) is 2.43. The second-order valence-corrected chi connectivity index (χ2v) is 5.95. The van der Waals surface area contributed by atoms with Gasteiger partial charge in [0.05, 0.1) is 6.42 Å². The molecule has 1 aliphatic rings. The largest absolute Gasteiger partial charge is 0.462 e. The molecular formula is C17H31O2. The van der Waals surface area contributed by atoms with E-state index in [0.717, 1.165) is 12.8 Å². The number of hydrogen-bond donors (Lipinski definition) is 0. The van der Waals surface area contributed by atoms with Gasteiger partial charge in [-0.05, 0) is 32.1 Å². The Morgan fingerprint density at radius 1 is 1.16 bits per heavy atom. The Morgan fingerprint density at radius 2 is 1.84 bits per heavy atom. The van der Waals surface area contributed by atoms with Gasteiger partial charge in [0.1, 0.15) is 6.10 Å². The molecule has 0 spiro atoms. The maximum Gasteiger partial charge on any atom is 0.310 e. The van der Waals surface area contributed by atoms with Crippen molar-refractivity contribution in [3.05, 3.63) is 6.42 Å². The van der Waals surface area contributed by atoms with Crippen molar-refractivity contribution in [2.24, 2.45) is 5.92 Å². The lowest BCUT2D eigenvalue weighted by Crippen LogP contribution is -2.26. The molecule has 0 aromatic carbocycles. The fourth-order valence-corrected chi connectivity index (χ4v) is 2.90. The summed E-state index contributed by atoms with van der Waals surface area (Å²) in [5, 5.41) is 0. The van der Waals surface area contributed by atoms with Gasteiger partial charge in [0.2, 0.25) is 0 Å². The van der Waals surface area contributed by atoms with Crippen LogP contribution in [0.4, 0.5) is 0 Å². The van der Waals surface area contributed by atoms with Crippen LogP contribution in [0.25, 0.3) is 0 Å². The SMILES string of the molecule is CCCCCCC[CH]C(=O)OC(C)C1CCCCC1. The third kappa shape index (κ3) is 7.59. The molecule has 0 aliphatic heterocycles. The molecule has 19 heavy (non-hydrogen) atoms. The van der Waals surface area contributed by atoms with Crippen molar-refractivity contribution in [3.63, 3.8) is 0 Å². The standard InChI is InChI=1S/C17H31O2/c1-3-4-5-6-7-11-14-17(18)19-15(2)16-12-9-8-10-13-16/h14-16H,3-13H2,1-2H3. The van der Waals surface area contributed by atoms with Gasteiger partial charge in [0, 0.05) is 0 Å². The zero-order valence-electron chi connectivity index (χ0n) is 12.8. The smallest absolute Gasteiger partial charge is 0.310 e. The molecule has 1 rings (SSSR count). The summed E-state index contributed by atoms with van der Waals surface area (Å²) in [7, 11) is 0. The summed E-state index contributed by atoms with van der Waals surface area (Å²) in [6.07, 6.45) is 15.3. The third-order valence-electron chi connectivity index (χ3n) is 4.23. The molecule has 2 nitrogen and oxygen atoms in total. The molecule has 0 bridgehead atoms. The number of rotatable bonds is 9. The Kier molecular flexibility index (Phi) is 8.94. The first-order chi connectivity index (χ1) is 9.24. The summed E-state index contributed by atoms with van der Waals surface area (Å²) in [6.45, 7) is 4.28. The highest BCUT2D eigenvalue weighted by molar-refractivity contribution is 5.78. The van der Waals surface area contributed by atoms with Crippen molar-refractivity contribution < 1.29 is 9.53 Å². The van der Waals surface area contributed by atoms with Crippen LogP contribution in [0.2, 0.25) is 0 Å². The van der Waals surface area contributed by atoms with Crippen molar-refractivity contribution in [1.82, 2.24) is 0 Å². The highest BCUT2D eigenvalue weighted by atomic mass is 16.5. The van der Waals surface area contributed by atoms with E-state index in [0.29, 0.717) is 5.92 Å². The first-order valence-corrected chi connectivity index (χ1v) is 8.28. The molecule has 1 atom stereocenters. The summed E-state index contributed by atoms with van der Waals surface area (Å²) >= 11 is 0. The van der Waals surface area contributed by atoms with Crippen LogP contribution in [0.3, 0.4) is 0 Å². The topological polar surface area (TPSA) is 26.3 Å². The van der Waals surface area contributed by atoms with Gasteiger partial charge in [-0.2, -0.15) is 0 Å². The van der Waals surface area contributed by atoms with Crippen molar-refractivity contribution >= 4 is 5.97 Å². The Hall–Kier alpha value is -0.530. The summed E-state index contributed by atoms with van der Waals surface area (Å²) in [6, 6.07) is 0. The van der Waals surface area contributed by atoms with Crippen LogP contribution in [-0.4, -0.2) is 12.1 Å². The fraction of sp³-hybridized carbons (Fsp3) is 0.882. The van der Waals surface area contributed by atoms with E-state index in [-0.39, 0.29) is 12.1 Å². The van der Waals surface area contributed by atoms with E-state index in [4.69, 9.17) is 4.74 Å². The van der Waals surface area contributed by atoms with E-state index in [2.05, 4.69) is 13.8 Å². The minimum absolute atomic E-state index is 0.101. The normalized spacial score (nSPS) is 18.2. The average molecular weight is 267 g/mol. The molecule has 0 aromatic heterocycles. The maximum atomic E-state index is 11.7. The summed E-state index contributed by atoms with van der Waals surface area (Å²) < 4.78 is 5.52. The molecule has 1 saturated carbocycles. The van der Waals surface area contributed by atoms with Gasteiger partial charge in [-0.1, -0.05) is 58.3 Å². The highest BCUT2D eigenvalue weighted by Crippen LogP contribution is 2.28.